The monoisotopic (exact) mass is 444 g/mol. The second kappa shape index (κ2) is 9.19. The van der Waals surface area contributed by atoms with E-state index in [1.54, 1.807) is 30.3 Å². The fourth-order valence-electron chi connectivity index (χ4n) is 2.88. The average Bonchev–Trinajstić information content (AvgIpc) is 2.77. The number of sulfonamides is 1. The van der Waals surface area contributed by atoms with Crippen LogP contribution in [0.2, 0.25) is 5.02 Å². The normalized spacial score (nSPS) is 11.0. The zero-order valence-corrected chi connectivity index (χ0v) is 18.1. The fourth-order valence-corrected chi connectivity index (χ4v) is 4.28. The third kappa shape index (κ3) is 4.58. The molecule has 0 atom stereocenters. The van der Waals surface area contributed by atoms with E-state index in [1.807, 2.05) is 18.2 Å². The van der Waals surface area contributed by atoms with Gasteiger partial charge in [0.2, 0.25) is 0 Å². The summed E-state index contributed by atoms with van der Waals surface area (Å²) in [5.41, 5.74) is 1.56. The Bertz CT molecular complexity index is 1150. The molecule has 0 radical (unpaired) electrons. The molecule has 0 aliphatic heterocycles. The first-order valence-corrected chi connectivity index (χ1v) is 10.9. The van der Waals surface area contributed by atoms with Crippen LogP contribution in [0.4, 0.5) is 5.69 Å². The van der Waals surface area contributed by atoms with Gasteiger partial charge in [-0.2, -0.15) is 0 Å². The molecule has 156 valence electrons. The molecule has 3 aromatic rings. The van der Waals surface area contributed by atoms with Gasteiger partial charge in [0.25, 0.3) is 15.9 Å². The van der Waals surface area contributed by atoms with Gasteiger partial charge in [0.05, 0.1) is 17.7 Å². The Kier molecular flexibility index (Phi) is 6.64. The zero-order valence-electron chi connectivity index (χ0n) is 16.5. The van der Waals surface area contributed by atoms with Gasteiger partial charge in [0.15, 0.2) is 0 Å². The number of ether oxygens (including phenoxy) is 1. The Morgan fingerprint density at radius 3 is 2.30 bits per heavy atom. The Morgan fingerprint density at radius 1 is 1.00 bits per heavy atom. The van der Waals surface area contributed by atoms with Crippen LogP contribution in [0.15, 0.2) is 77.7 Å². The summed E-state index contributed by atoms with van der Waals surface area (Å²) in [6.07, 6.45) is 0. The molecule has 0 saturated carbocycles. The summed E-state index contributed by atoms with van der Waals surface area (Å²) in [7, 11) is -0.887. The molecule has 3 rings (SSSR count). The van der Waals surface area contributed by atoms with E-state index in [-0.39, 0.29) is 17.3 Å². The third-order valence-corrected chi connectivity index (χ3v) is 6.75. The van der Waals surface area contributed by atoms with Gasteiger partial charge in [-0.25, -0.2) is 8.42 Å². The Balaban J connectivity index is 1.75. The molecule has 6 nitrogen and oxygen atoms in total. The molecule has 0 aliphatic carbocycles. The number of carbonyl (C=O) groups is 1. The highest BCUT2D eigenvalue weighted by molar-refractivity contribution is 7.92. The standard InChI is InChI=1S/C22H21ClN2O4S/c1-25(20-9-5-6-10-21(20)29-2)30(27,28)18-13-11-16(12-14-18)22(26)24-15-17-7-3-4-8-19(17)23/h3-14H,15H2,1-2H3,(H,24,26). The number of anilines is 1. The lowest BCUT2D eigenvalue weighted by Crippen LogP contribution is -2.27. The van der Waals surface area contributed by atoms with E-state index in [1.165, 1.54) is 38.4 Å². The predicted molar refractivity (Wildman–Crippen MR) is 118 cm³/mol. The predicted octanol–water partition coefficient (Wildman–Crippen LogP) is 4.10. The van der Waals surface area contributed by atoms with Gasteiger partial charge < -0.3 is 10.1 Å². The molecule has 8 heteroatoms. The molecule has 0 spiro atoms. The van der Waals surface area contributed by atoms with Crippen LogP contribution in [0.1, 0.15) is 15.9 Å². The van der Waals surface area contributed by atoms with Crippen molar-refractivity contribution in [1.29, 1.82) is 0 Å². The van der Waals surface area contributed by atoms with Crippen LogP contribution in [0.5, 0.6) is 5.75 Å². The van der Waals surface area contributed by atoms with Gasteiger partial charge in [0.1, 0.15) is 5.75 Å². The molecule has 0 bridgehead atoms. The van der Waals surface area contributed by atoms with Crippen molar-refractivity contribution in [3.63, 3.8) is 0 Å². The average molecular weight is 445 g/mol. The molecule has 0 saturated heterocycles. The number of amides is 1. The number of nitrogens with one attached hydrogen (secondary N) is 1. The van der Waals surface area contributed by atoms with Crippen LogP contribution in [0.3, 0.4) is 0 Å². The van der Waals surface area contributed by atoms with Gasteiger partial charge in [-0.3, -0.25) is 9.10 Å². The van der Waals surface area contributed by atoms with E-state index in [0.29, 0.717) is 22.0 Å². The maximum Gasteiger partial charge on any atom is 0.264 e. The molecule has 0 aromatic heterocycles. The highest BCUT2D eigenvalue weighted by atomic mass is 35.5. The lowest BCUT2D eigenvalue weighted by molar-refractivity contribution is 0.0951. The number of para-hydroxylation sites is 2. The number of hydrogen-bond acceptors (Lipinski definition) is 4. The van der Waals surface area contributed by atoms with E-state index in [2.05, 4.69) is 5.32 Å². The number of hydrogen-bond donors (Lipinski definition) is 1. The van der Waals surface area contributed by atoms with Crippen LogP contribution in [0, 0.1) is 0 Å². The second-order valence-corrected chi connectivity index (χ2v) is 8.82. The quantitative estimate of drug-likeness (QED) is 0.595. The van der Waals surface area contributed by atoms with Crippen LogP contribution < -0.4 is 14.4 Å². The molecule has 0 fully saturated rings. The van der Waals surface area contributed by atoms with Gasteiger partial charge in [-0.1, -0.05) is 41.9 Å². The van der Waals surface area contributed by atoms with Gasteiger partial charge >= 0.3 is 0 Å². The molecule has 3 aromatic carbocycles. The Labute approximate surface area is 181 Å². The van der Waals surface area contributed by atoms with Crippen molar-refractivity contribution in [1.82, 2.24) is 5.32 Å². The summed E-state index contributed by atoms with van der Waals surface area (Å²) in [6.45, 7) is 0.273. The minimum atomic E-state index is -3.82. The summed E-state index contributed by atoms with van der Waals surface area (Å²) in [5, 5.41) is 3.35. The van der Waals surface area contributed by atoms with E-state index < -0.39 is 10.0 Å². The first kappa shape index (κ1) is 21.7. The highest BCUT2D eigenvalue weighted by Crippen LogP contribution is 2.30. The van der Waals surface area contributed by atoms with Crippen molar-refractivity contribution < 1.29 is 17.9 Å². The molecule has 1 N–H and O–H groups in total. The fraction of sp³-hybridized carbons (Fsp3) is 0.136. The van der Waals surface area contributed by atoms with Crippen molar-refractivity contribution in [3.05, 3.63) is 88.9 Å². The van der Waals surface area contributed by atoms with Crippen LogP contribution in [-0.2, 0) is 16.6 Å². The summed E-state index contributed by atoms with van der Waals surface area (Å²) in [6, 6.07) is 19.8. The second-order valence-electron chi connectivity index (χ2n) is 6.44. The van der Waals surface area contributed by atoms with Crippen LogP contribution in [0.25, 0.3) is 0 Å². The minimum Gasteiger partial charge on any atom is -0.495 e. The molecule has 0 heterocycles. The summed E-state index contributed by atoms with van der Waals surface area (Å²) in [5.74, 6) is 0.121. The first-order chi connectivity index (χ1) is 14.3. The van der Waals surface area contributed by atoms with Crippen molar-refractivity contribution in [2.75, 3.05) is 18.5 Å². The summed E-state index contributed by atoms with van der Waals surface area (Å²) in [4.78, 5) is 12.5. The summed E-state index contributed by atoms with van der Waals surface area (Å²) >= 11 is 6.09. The maximum absolute atomic E-state index is 13.0. The molecule has 1 amide bonds. The first-order valence-electron chi connectivity index (χ1n) is 9.08. The number of halogens is 1. The van der Waals surface area contributed by atoms with E-state index >= 15 is 0 Å². The number of nitrogens with zero attached hydrogens (tertiary/aromatic N) is 1. The van der Waals surface area contributed by atoms with Crippen molar-refractivity contribution in [2.45, 2.75) is 11.4 Å². The molecule has 30 heavy (non-hydrogen) atoms. The maximum atomic E-state index is 13.0. The van der Waals surface area contributed by atoms with E-state index in [0.717, 1.165) is 9.87 Å². The van der Waals surface area contributed by atoms with Gasteiger partial charge in [-0.15, -0.1) is 0 Å². The number of carbonyl (C=O) groups excluding carboxylic acids is 1. The largest absolute Gasteiger partial charge is 0.495 e. The van der Waals surface area contributed by atoms with Gasteiger partial charge in [-0.05, 0) is 48.0 Å². The number of methoxy groups -OCH3 is 1. The molecular weight excluding hydrogens is 424 g/mol. The minimum absolute atomic E-state index is 0.0681. The SMILES string of the molecule is COc1ccccc1N(C)S(=O)(=O)c1ccc(C(=O)NCc2ccccc2Cl)cc1. The highest BCUT2D eigenvalue weighted by Gasteiger charge is 2.23. The van der Waals surface area contributed by atoms with Crippen LogP contribution >= 0.6 is 11.6 Å². The zero-order chi connectivity index (χ0) is 21.7. The summed E-state index contributed by atoms with van der Waals surface area (Å²) < 4.78 is 32.4. The topological polar surface area (TPSA) is 75.7 Å². The molecule has 0 unspecified atom stereocenters. The molecular formula is C22H21ClN2O4S. The molecule has 0 aliphatic rings. The van der Waals surface area contributed by atoms with E-state index in [4.69, 9.17) is 16.3 Å². The number of benzene rings is 3. The van der Waals surface area contributed by atoms with Crippen molar-refractivity contribution >= 4 is 33.2 Å². The van der Waals surface area contributed by atoms with Crippen molar-refractivity contribution in [3.8, 4) is 5.75 Å². The Hall–Kier alpha value is -3.03. The van der Waals surface area contributed by atoms with E-state index in [9.17, 15) is 13.2 Å². The smallest absolute Gasteiger partial charge is 0.264 e. The Morgan fingerprint density at radius 2 is 1.63 bits per heavy atom. The lowest BCUT2D eigenvalue weighted by atomic mass is 10.2. The third-order valence-electron chi connectivity index (χ3n) is 4.60. The number of rotatable bonds is 7. The van der Waals surface area contributed by atoms with Crippen LogP contribution in [-0.4, -0.2) is 28.5 Å². The van der Waals surface area contributed by atoms with Crippen molar-refractivity contribution in [2.24, 2.45) is 0 Å². The lowest BCUT2D eigenvalue weighted by Gasteiger charge is -2.21. The van der Waals surface area contributed by atoms with Gasteiger partial charge in [0, 0.05) is 24.2 Å².